The van der Waals surface area contributed by atoms with Crippen LogP contribution in [0.3, 0.4) is 0 Å². The van der Waals surface area contributed by atoms with Gasteiger partial charge in [-0.1, -0.05) is 25.7 Å². The molecule has 3 nitrogen and oxygen atoms in total. The second kappa shape index (κ2) is 6.06. The van der Waals surface area contributed by atoms with E-state index >= 15 is 0 Å². The summed E-state index contributed by atoms with van der Waals surface area (Å²) in [5.74, 6) is 0.948. The third kappa shape index (κ3) is 2.94. The lowest BCUT2D eigenvalue weighted by Gasteiger charge is -2.09. The Balaban J connectivity index is 1.78. The summed E-state index contributed by atoms with van der Waals surface area (Å²) >= 11 is 0. The van der Waals surface area contributed by atoms with Crippen LogP contribution >= 0.6 is 0 Å². The van der Waals surface area contributed by atoms with E-state index in [1.54, 1.807) is 0 Å². The highest BCUT2D eigenvalue weighted by Gasteiger charge is 2.14. The minimum atomic E-state index is 0.750. The van der Waals surface area contributed by atoms with Gasteiger partial charge < -0.3 is 9.88 Å². The van der Waals surface area contributed by atoms with Crippen molar-refractivity contribution in [3.63, 3.8) is 0 Å². The van der Waals surface area contributed by atoms with Gasteiger partial charge in [0.25, 0.3) is 0 Å². The molecule has 1 fully saturated rings. The predicted octanol–water partition coefficient (Wildman–Crippen LogP) is 2.88. The Morgan fingerprint density at radius 1 is 1.44 bits per heavy atom. The summed E-state index contributed by atoms with van der Waals surface area (Å²) in [7, 11) is 1.95. The minimum Gasteiger partial charge on any atom is -0.340 e. The van der Waals surface area contributed by atoms with Crippen molar-refractivity contribution < 1.29 is 0 Å². The lowest BCUT2D eigenvalue weighted by molar-refractivity contribution is 0.477. The van der Waals surface area contributed by atoms with Crippen molar-refractivity contribution in [2.24, 2.45) is 13.0 Å². The summed E-state index contributed by atoms with van der Waals surface area (Å²) in [4.78, 5) is 0. The monoisotopic (exact) mass is 245 g/mol. The third-order valence-electron chi connectivity index (χ3n) is 4.27. The van der Waals surface area contributed by atoms with Crippen LogP contribution in [-0.2, 0) is 13.6 Å². The van der Waals surface area contributed by atoms with Crippen molar-refractivity contribution in [2.75, 3.05) is 6.54 Å². The van der Waals surface area contributed by atoms with Gasteiger partial charge in [0, 0.05) is 19.3 Å². The predicted molar refractivity (Wildman–Crippen MR) is 73.1 cm³/mol. The van der Waals surface area contributed by atoms with Crippen LogP contribution in [0.1, 0.15) is 49.1 Å². The van der Waals surface area contributed by atoms with Crippen molar-refractivity contribution in [3.05, 3.63) is 23.0 Å². The summed E-state index contributed by atoms with van der Waals surface area (Å²) in [6.07, 6.45) is 6.99. The molecule has 2 rings (SSSR count). The fourth-order valence-corrected chi connectivity index (χ4v) is 2.88. The maximum Gasteiger partial charge on any atom is 0.120 e. The SMILES string of the molecule is Cc1c(CNCCC2CCCC2)cc(C#N)n1C. The molecule has 1 aliphatic carbocycles. The van der Waals surface area contributed by atoms with Crippen molar-refractivity contribution in [1.82, 2.24) is 9.88 Å². The van der Waals surface area contributed by atoms with Crippen LogP contribution in [-0.4, -0.2) is 11.1 Å². The van der Waals surface area contributed by atoms with E-state index in [2.05, 4.69) is 18.3 Å². The van der Waals surface area contributed by atoms with E-state index in [-0.39, 0.29) is 0 Å². The normalized spacial score (nSPS) is 16.1. The van der Waals surface area contributed by atoms with E-state index in [0.29, 0.717) is 0 Å². The Hall–Kier alpha value is -1.27. The average molecular weight is 245 g/mol. The largest absolute Gasteiger partial charge is 0.340 e. The zero-order chi connectivity index (χ0) is 13.0. The molecular weight excluding hydrogens is 222 g/mol. The van der Waals surface area contributed by atoms with Gasteiger partial charge in [-0.05, 0) is 37.4 Å². The Morgan fingerprint density at radius 3 is 2.78 bits per heavy atom. The Bertz CT molecular complexity index is 433. The standard InChI is InChI=1S/C15H23N3/c1-12-14(9-15(10-16)18(12)2)11-17-8-7-13-5-3-4-6-13/h9,13,17H,3-8,11H2,1-2H3. The first kappa shape index (κ1) is 13.2. The molecule has 0 saturated heterocycles. The van der Waals surface area contributed by atoms with E-state index in [0.717, 1.165) is 24.7 Å². The fraction of sp³-hybridized carbons (Fsp3) is 0.667. The maximum absolute atomic E-state index is 8.98. The van der Waals surface area contributed by atoms with Gasteiger partial charge in [-0.3, -0.25) is 0 Å². The van der Waals surface area contributed by atoms with E-state index in [1.165, 1.54) is 43.4 Å². The molecule has 1 saturated carbocycles. The number of hydrogen-bond acceptors (Lipinski definition) is 2. The van der Waals surface area contributed by atoms with Crippen molar-refractivity contribution in [2.45, 2.75) is 45.6 Å². The molecule has 1 N–H and O–H groups in total. The first-order chi connectivity index (χ1) is 8.72. The number of nitrogens with one attached hydrogen (secondary N) is 1. The van der Waals surface area contributed by atoms with Crippen molar-refractivity contribution >= 4 is 0 Å². The highest BCUT2D eigenvalue weighted by atomic mass is 15.0. The second-order valence-corrected chi connectivity index (χ2v) is 5.43. The van der Waals surface area contributed by atoms with Crippen molar-refractivity contribution in [3.8, 4) is 6.07 Å². The summed E-state index contributed by atoms with van der Waals surface area (Å²) in [6.45, 7) is 4.06. The van der Waals surface area contributed by atoms with E-state index in [9.17, 15) is 0 Å². The molecule has 0 aliphatic heterocycles. The Labute approximate surface area is 110 Å². The minimum absolute atomic E-state index is 0.750. The zero-order valence-electron chi connectivity index (χ0n) is 11.5. The number of nitriles is 1. The molecule has 3 heteroatoms. The smallest absolute Gasteiger partial charge is 0.120 e. The number of nitrogens with zero attached hydrogens (tertiary/aromatic N) is 2. The van der Waals surface area contributed by atoms with Gasteiger partial charge in [-0.25, -0.2) is 0 Å². The fourth-order valence-electron chi connectivity index (χ4n) is 2.88. The first-order valence-corrected chi connectivity index (χ1v) is 6.98. The second-order valence-electron chi connectivity index (χ2n) is 5.43. The van der Waals surface area contributed by atoms with Crippen LogP contribution in [0.15, 0.2) is 6.07 Å². The van der Waals surface area contributed by atoms with Gasteiger partial charge in [0.05, 0.1) is 0 Å². The van der Waals surface area contributed by atoms with E-state index in [1.807, 2.05) is 17.7 Å². The van der Waals surface area contributed by atoms with Gasteiger partial charge >= 0.3 is 0 Å². The molecule has 0 aromatic carbocycles. The van der Waals surface area contributed by atoms with Crippen LogP contribution in [0, 0.1) is 24.2 Å². The first-order valence-electron chi connectivity index (χ1n) is 6.98. The number of rotatable bonds is 5. The molecule has 1 aliphatic rings. The third-order valence-corrected chi connectivity index (χ3v) is 4.27. The van der Waals surface area contributed by atoms with Crippen LogP contribution in [0.2, 0.25) is 0 Å². The Morgan fingerprint density at radius 2 is 2.17 bits per heavy atom. The molecule has 0 radical (unpaired) electrons. The summed E-state index contributed by atoms with van der Waals surface area (Å²) in [5.41, 5.74) is 3.19. The summed E-state index contributed by atoms with van der Waals surface area (Å²) in [5, 5.41) is 12.5. The van der Waals surface area contributed by atoms with Crippen LogP contribution < -0.4 is 5.32 Å². The lowest BCUT2D eigenvalue weighted by atomic mass is 10.0. The van der Waals surface area contributed by atoms with Crippen LogP contribution in [0.5, 0.6) is 0 Å². The molecule has 1 heterocycles. The summed E-state index contributed by atoms with van der Waals surface area (Å²) in [6, 6.07) is 4.22. The van der Waals surface area contributed by atoms with Gasteiger partial charge in [0.2, 0.25) is 0 Å². The van der Waals surface area contributed by atoms with Gasteiger partial charge in [0.15, 0.2) is 0 Å². The molecule has 18 heavy (non-hydrogen) atoms. The molecule has 0 atom stereocenters. The maximum atomic E-state index is 8.98. The quantitative estimate of drug-likeness (QED) is 0.810. The Kier molecular flexibility index (Phi) is 4.43. The highest BCUT2D eigenvalue weighted by molar-refractivity contribution is 5.33. The van der Waals surface area contributed by atoms with E-state index < -0.39 is 0 Å². The van der Waals surface area contributed by atoms with E-state index in [4.69, 9.17) is 5.26 Å². The molecule has 1 aromatic heterocycles. The average Bonchev–Trinajstić information content (AvgIpc) is 2.97. The molecule has 0 bridgehead atoms. The molecular formula is C15H23N3. The van der Waals surface area contributed by atoms with Gasteiger partial charge in [0.1, 0.15) is 11.8 Å². The topological polar surface area (TPSA) is 40.8 Å². The molecule has 0 spiro atoms. The molecule has 0 unspecified atom stereocenters. The van der Waals surface area contributed by atoms with Gasteiger partial charge in [-0.2, -0.15) is 5.26 Å². The molecule has 98 valence electrons. The highest BCUT2D eigenvalue weighted by Crippen LogP contribution is 2.26. The number of hydrogen-bond donors (Lipinski definition) is 1. The lowest BCUT2D eigenvalue weighted by Crippen LogP contribution is -2.17. The zero-order valence-corrected chi connectivity index (χ0v) is 11.5. The molecule has 1 aromatic rings. The number of aromatic nitrogens is 1. The van der Waals surface area contributed by atoms with Crippen molar-refractivity contribution in [1.29, 1.82) is 5.26 Å². The molecule has 0 amide bonds. The van der Waals surface area contributed by atoms with Gasteiger partial charge in [-0.15, -0.1) is 0 Å². The van der Waals surface area contributed by atoms with Crippen LogP contribution in [0.25, 0.3) is 0 Å². The summed E-state index contributed by atoms with van der Waals surface area (Å²) < 4.78 is 1.97. The van der Waals surface area contributed by atoms with Crippen LogP contribution in [0.4, 0.5) is 0 Å².